The van der Waals surface area contributed by atoms with Gasteiger partial charge in [0.1, 0.15) is 102 Å². The van der Waals surface area contributed by atoms with Crippen LogP contribution in [0.15, 0.2) is 114 Å². The smallest absolute Gasteiger partial charge is 0.264 e. The monoisotopic (exact) mass is 1640 g/mol. The summed E-state index contributed by atoms with van der Waals surface area (Å²) in [6.07, 6.45) is -10.2. The largest absolute Gasteiger partial charge is 0.508 e. The van der Waals surface area contributed by atoms with Crippen LogP contribution in [0.2, 0.25) is 5.02 Å². The number of fused-ring (bicyclic) bond motifs is 12. The number of nitrogens with one attached hydrogen (secondary N) is 9. The lowest BCUT2D eigenvalue weighted by atomic mass is 9.54. The number of amides is 8. The minimum atomic E-state index is -4.88. The van der Waals surface area contributed by atoms with Gasteiger partial charge in [0.2, 0.25) is 65.1 Å². The first-order valence-corrected chi connectivity index (χ1v) is 40.1. The summed E-state index contributed by atoms with van der Waals surface area (Å²) in [6, 6.07) is 7.17. The number of aliphatic hydroxyl groups is 7. The Hall–Kier alpha value is -10.1. The van der Waals surface area contributed by atoms with E-state index < -0.39 is 195 Å². The highest BCUT2D eigenvalue weighted by atomic mass is 35.5. The molecule has 17 rings (SSSR count). The highest BCUT2D eigenvalue weighted by Crippen LogP contribution is 2.56. The Kier molecular flexibility index (Phi) is 23.5. The maximum Gasteiger partial charge on any atom is 0.264 e. The molecule has 116 heavy (non-hydrogen) atoms. The highest BCUT2D eigenvalue weighted by molar-refractivity contribution is 7.90. The third-order valence-corrected chi connectivity index (χ3v) is 24.6. The van der Waals surface area contributed by atoms with Crippen molar-refractivity contribution in [2.45, 2.75) is 161 Å². The van der Waals surface area contributed by atoms with Gasteiger partial charge < -0.3 is 118 Å². The number of rotatable bonds is 18. The lowest BCUT2D eigenvalue weighted by Crippen LogP contribution is -2.60. The number of sulfonamides is 1. The van der Waals surface area contributed by atoms with Crippen molar-refractivity contribution in [2.75, 3.05) is 40.8 Å². The molecule has 6 heterocycles. The molecule has 1 saturated heterocycles. The molecule has 0 radical (unpaired) electrons. The molecule has 19 N–H and O–H groups in total. The van der Waals surface area contributed by atoms with Crippen LogP contribution in [-0.2, 0) is 58.9 Å². The fraction of sp³-hybridized carbons (Fsp3) is 0.450. The zero-order valence-corrected chi connectivity index (χ0v) is 65.1. The molecule has 0 aromatic heterocycles. The quantitative estimate of drug-likeness (QED) is 0.0535. The van der Waals surface area contributed by atoms with Crippen molar-refractivity contribution in [3.63, 3.8) is 0 Å². The summed E-state index contributed by atoms with van der Waals surface area (Å²) >= 11 is 7.10. The molecule has 4 saturated carbocycles. The Morgan fingerprint density at radius 1 is 0.681 bits per heavy atom. The van der Waals surface area contributed by atoms with E-state index >= 15 is 28.8 Å². The predicted molar refractivity (Wildman–Crippen MR) is 410 cm³/mol. The second kappa shape index (κ2) is 33.1. The molecule has 6 aromatic carbocycles. The van der Waals surface area contributed by atoms with Crippen molar-refractivity contribution in [2.24, 2.45) is 35.3 Å². The van der Waals surface area contributed by atoms with Crippen LogP contribution in [0.5, 0.6) is 40.2 Å². The van der Waals surface area contributed by atoms with Gasteiger partial charge >= 0.3 is 0 Å². The van der Waals surface area contributed by atoms with E-state index in [-0.39, 0.29) is 104 Å². The molecule has 5 fully saturated rings. The molecule has 8 amide bonds. The average molecular weight is 1640 g/mol. The number of aliphatic hydroxyl groups excluding tert-OH is 5. The summed E-state index contributed by atoms with van der Waals surface area (Å²) in [5, 5.41) is 116. The molecular weight excluding hydrogens is 1550 g/mol. The van der Waals surface area contributed by atoms with Crippen molar-refractivity contribution in [3.8, 4) is 51.4 Å². The summed E-state index contributed by atoms with van der Waals surface area (Å²) in [7, 11) is 0.225. The van der Waals surface area contributed by atoms with Crippen LogP contribution in [0.4, 0.5) is 0 Å². The lowest BCUT2D eigenvalue weighted by Gasteiger charge is -2.54. The zero-order valence-electron chi connectivity index (χ0n) is 63.5. The van der Waals surface area contributed by atoms with Gasteiger partial charge in [-0.2, -0.15) is 0 Å². The van der Waals surface area contributed by atoms with Crippen LogP contribution in [0.3, 0.4) is 0 Å². The Morgan fingerprint density at radius 2 is 1.33 bits per heavy atom. The maximum atomic E-state index is 16.5. The summed E-state index contributed by atoms with van der Waals surface area (Å²) < 4.78 is 61.7. The molecule has 6 aromatic rings. The Bertz CT molecular complexity index is 4930. The van der Waals surface area contributed by atoms with Crippen LogP contribution in [0, 0.1) is 29.6 Å². The summed E-state index contributed by atoms with van der Waals surface area (Å²) in [6.45, 7) is 3.89. The second-order valence-electron chi connectivity index (χ2n) is 31.7. The van der Waals surface area contributed by atoms with Crippen LogP contribution < -0.4 is 71.9 Å². The number of halogens is 1. The van der Waals surface area contributed by atoms with Crippen molar-refractivity contribution >= 4 is 68.9 Å². The van der Waals surface area contributed by atoms with Gasteiger partial charge in [-0.1, -0.05) is 55.8 Å². The van der Waals surface area contributed by atoms with E-state index in [1.165, 1.54) is 73.8 Å². The zero-order chi connectivity index (χ0) is 82.8. The number of aromatic hydroxyl groups is 1. The van der Waals surface area contributed by atoms with E-state index in [2.05, 4.69) is 42.5 Å². The molecule has 15 bridgehead atoms. The predicted octanol–water partition coefficient (Wildman–Crippen LogP) is 1.09. The van der Waals surface area contributed by atoms with Crippen LogP contribution in [0.1, 0.15) is 128 Å². The van der Waals surface area contributed by atoms with Crippen molar-refractivity contribution < 1.29 is 111 Å². The number of phenols is 1. The average Bonchev–Trinajstić information content (AvgIpc) is 1.55. The third kappa shape index (κ3) is 16.7. The number of carbonyl (C=O) groups is 8. The molecule has 0 spiro atoms. The van der Waals surface area contributed by atoms with E-state index in [4.69, 9.17) is 41.0 Å². The Labute approximate surface area is 670 Å². The van der Waals surface area contributed by atoms with E-state index in [0.29, 0.717) is 18.4 Å². The molecule has 5 aliphatic carbocycles. The standard InChI is InChI=1S/C80H92ClN11O23S/c1-34(2)20-52(83-3)72(100)89-65-67(96)39-9-17-54(51(81)27-39)113-56-29-42-28-55(71(56)115-79-70(99)69(98)68(97)57(33-82)114-79)112-45-10-6-37(7-11-45)66(95)64-78(106)88-63(76(104)85-60-40-22-35-21-36(24-40)25-41(60)23-35)48-30-43(93)31-50-59(48)47-26-38(8-16-49(47)80(50,107)108)61(74(102)90-64)87-75(103)62(42)86-73(101)53(84-77(65)105)32-58(94)91-116(109,110)46-14-12-44(13-15-46)111-19-18-92(4)5/h6-17,26-31,34-36,40-41,52-53,57,60-70,79,83,93,95-99,107-108H,18-25,32-33,82H2,1-5H3,(H,84,105)(H,85,104)(H,86,101)(H,87,103)(H,88,106)(H,89,100)(H,90,102)(H,91,94)/t35?,36?,40?,41?,52-,53+,57-,60?,61-,62-,63+,64+,65-,66-,67-,68-,69+,70-,79+/m1/s1. The lowest BCUT2D eigenvalue weighted by molar-refractivity contribution is -0.270. The molecular formula is C80H92ClN11O23S. The molecule has 34 nitrogen and oxygen atoms in total. The number of nitrogens with two attached hydrogens (primary N) is 1. The first-order valence-electron chi connectivity index (χ1n) is 38.2. The number of ether oxygens (including phenoxy) is 5. The van der Waals surface area contributed by atoms with E-state index in [1.54, 1.807) is 0 Å². The first kappa shape index (κ1) is 82.4. The molecule has 6 aliphatic heterocycles. The Morgan fingerprint density at radius 3 is 1.98 bits per heavy atom. The topological polar surface area (TPSA) is 516 Å². The highest BCUT2D eigenvalue weighted by Gasteiger charge is 2.52. The second-order valence-corrected chi connectivity index (χ2v) is 33.7. The summed E-state index contributed by atoms with van der Waals surface area (Å²) in [5.74, 6) is -14.5. The van der Waals surface area contributed by atoms with Gasteiger partial charge in [-0.25, -0.2) is 13.1 Å². The number of phenolic OH excluding ortho intramolecular Hbond substituents is 1. The molecule has 0 unspecified atom stereocenters. The van der Waals surface area contributed by atoms with E-state index in [1.807, 2.05) is 37.6 Å². The summed E-state index contributed by atoms with van der Waals surface area (Å²) in [5.41, 5.74) is 4.02. The van der Waals surface area contributed by atoms with Gasteiger partial charge in [0, 0.05) is 30.3 Å². The van der Waals surface area contributed by atoms with Crippen molar-refractivity contribution in [3.05, 3.63) is 153 Å². The molecule has 36 heteroatoms. The number of hydrogen-bond donors (Lipinski definition) is 18. The van der Waals surface area contributed by atoms with Gasteiger partial charge in [0.05, 0.1) is 22.4 Å². The normalized spacial score (nSPS) is 28.7. The van der Waals surface area contributed by atoms with Gasteiger partial charge in [-0.3, -0.25) is 38.4 Å². The third-order valence-electron chi connectivity index (χ3n) is 22.9. The fourth-order valence-electron chi connectivity index (χ4n) is 17.2. The Balaban J connectivity index is 0.942. The molecule has 11 aliphatic rings. The minimum Gasteiger partial charge on any atom is -0.508 e. The van der Waals surface area contributed by atoms with Crippen LogP contribution in [-0.4, -0.2) is 203 Å². The van der Waals surface area contributed by atoms with E-state index in [9.17, 15) is 58.9 Å². The number of carbonyl (C=O) groups excluding carboxylic acids is 8. The number of likely N-dealkylation sites (N-methyl/N-ethyl adjacent to an activating group) is 2. The summed E-state index contributed by atoms with van der Waals surface area (Å²) in [4.78, 5) is 125. The van der Waals surface area contributed by atoms with Crippen molar-refractivity contribution in [1.82, 2.24) is 52.2 Å². The minimum absolute atomic E-state index is 0.0869. The van der Waals surface area contributed by atoms with Crippen molar-refractivity contribution in [1.29, 1.82) is 0 Å². The maximum absolute atomic E-state index is 16.5. The number of hydrogen-bond acceptors (Lipinski definition) is 26. The van der Waals surface area contributed by atoms with E-state index in [0.717, 1.165) is 74.6 Å². The van der Waals surface area contributed by atoms with Gasteiger partial charge in [0.15, 0.2) is 11.5 Å². The number of nitrogens with zero attached hydrogens (tertiary/aromatic N) is 1. The van der Waals surface area contributed by atoms with Gasteiger partial charge in [0.25, 0.3) is 10.0 Å². The molecule has 618 valence electrons. The van der Waals surface area contributed by atoms with Gasteiger partial charge in [-0.05, 0) is 207 Å². The first-order chi connectivity index (χ1) is 55.1. The molecule has 14 atom stereocenters. The SMILES string of the molecule is CN[C@H](CC(C)C)C(=O)N[C@H]1C(=O)N[C@@H](CC(=O)NS(=O)(=O)c2ccc(OCCN(C)C)cc2)C(=O)N[C@H]2C(=O)N[C@H]3C(=O)N[C@H](C(=O)N[C@H](C(=O)NC4C5CC6CC(C5)CC4C6)c4cc(O)cc5c4-c4cc3ccc4C5(O)O)[C@H](O)c3ccc(cc3)Oc3cc2cc(c3O[C@@H]2O[C@H](CN)[C@@H](O)[C@H](O)[C@H]2O)Oc2ccc(cc2Cl)[C@H]1O. The van der Waals surface area contributed by atoms with Gasteiger partial charge in [-0.15, -0.1) is 0 Å². The van der Waals surface area contributed by atoms with Crippen LogP contribution in [0.25, 0.3) is 11.1 Å². The fourth-order valence-corrected chi connectivity index (χ4v) is 18.4. The van der Waals surface area contributed by atoms with Crippen LogP contribution >= 0.6 is 11.6 Å². The number of benzene rings is 6.